The summed E-state index contributed by atoms with van der Waals surface area (Å²) in [5.74, 6) is 0. The molecule has 0 aliphatic heterocycles. The van der Waals surface area contributed by atoms with Gasteiger partial charge in [-0.25, -0.2) is 0 Å². The van der Waals surface area contributed by atoms with Crippen LogP contribution in [-0.4, -0.2) is 15.3 Å². The largest absolute Gasteiger partial charge is 1.00 e. The molecule has 0 unspecified atom stereocenters. The molecule has 0 bridgehead atoms. The fourth-order valence-electron chi connectivity index (χ4n) is 1.75. The van der Waals surface area contributed by atoms with Crippen LogP contribution in [0.2, 0.25) is 0 Å². The summed E-state index contributed by atoms with van der Waals surface area (Å²) in [6.45, 7) is 0.419. The van der Waals surface area contributed by atoms with Gasteiger partial charge in [-0.05, 0) is 16.7 Å². The van der Waals surface area contributed by atoms with Gasteiger partial charge in [-0.15, -0.1) is 0 Å². The number of hydrogen-bond donors (Lipinski definition) is 3. The molecular formula is C21H24ClO3Ti-. The molecule has 0 atom stereocenters. The molecule has 0 aliphatic carbocycles. The predicted molar refractivity (Wildman–Crippen MR) is 97.1 cm³/mol. The summed E-state index contributed by atoms with van der Waals surface area (Å²) in [5, 5.41) is 25.6. The predicted octanol–water partition coefficient (Wildman–Crippen LogP) is 0.538. The molecule has 0 saturated heterocycles. The molecule has 0 amide bonds. The normalized spacial score (nSPS) is 8.42. The van der Waals surface area contributed by atoms with Crippen LogP contribution in [0.5, 0.6) is 0 Å². The van der Waals surface area contributed by atoms with E-state index in [2.05, 4.69) is 0 Å². The molecule has 0 fully saturated rings. The number of benzene rings is 3. The van der Waals surface area contributed by atoms with E-state index in [-0.39, 0.29) is 53.9 Å². The Morgan fingerprint density at radius 2 is 0.615 bits per heavy atom. The number of hydrogen-bond acceptors (Lipinski definition) is 3. The minimum Gasteiger partial charge on any atom is -1.00 e. The van der Waals surface area contributed by atoms with E-state index in [1.807, 2.05) is 91.0 Å². The fourth-order valence-corrected chi connectivity index (χ4v) is 1.75. The van der Waals surface area contributed by atoms with Gasteiger partial charge < -0.3 is 27.7 Å². The van der Waals surface area contributed by atoms with Gasteiger partial charge in [0.05, 0.1) is 19.8 Å². The van der Waals surface area contributed by atoms with Crippen molar-refractivity contribution in [2.45, 2.75) is 19.8 Å². The molecule has 0 aliphatic rings. The summed E-state index contributed by atoms with van der Waals surface area (Å²) in [7, 11) is 0. The minimum atomic E-state index is 0. The van der Waals surface area contributed by atoms with Crippen LogP contribution in [0.15, 0.2) is 91.0 Å². The molecule has 0 radical (unpaired) electrons. The first-order chi connectivity index (χ1) is 11.8. The molecule has 3 N–H and O–H groups in total. The molecule has 3 nitrogen and oxygen atoms in total. The van der Waals surface area contributed by atoms with E-state index in [9.17, 15) is 0 Å². The van der Waals surface area contributed by atoms with Crippen LogP contribution in [0, 0.1) is 0 Å². The molecule has 0 heterocycles. The van der Waals surface area contributed by atoms with Crippen LogP contribution in [0.3, 0.4) is 0 Å². The zero-order valence-corrected chi connectivity index (χ0v) is 16.8. The van der Waals surface area contributed by atoms with Gasteiger partial charge in [0.1, 0.15) is 0 Å². The van der Waals surface area contributed by atoms with Gasteiger partial charge in [-0.2, -0.15) is 0 Å². The fraction of sp³-hybridized carbons (Fsp3) is 0.143. The summed E-state index contributed by atoms with van der Waals surface area (Å²) in [4.78, 5) is 0. The van der Waals surface area contributed by atoms with Crippen molar-refractivity contribution in [2.75, 3.05) is 0 Å². The van der Waals surface area contributed by atoms with Crippen molar-refractivity contribution in [2.24, 2.45) is 0 Å². The summed E-state index contributed by atoms with van der Waals surface area (Å²) in [5.41, 5.74) is 2.90. The van der Waals surface area contributed by atoms with Crippen LogP contribution in [-0.2, 0) is 41.5 Å². The Morgan fingerprint density at radius 1 is 0.423 bits per heavy atom. The first-order valence-electron chi connectivity index (χ1n) is 7.74. The molecule has 3 aromatic rings. The number of aliphatic hydroxyl groups is 3. The van der Waals surface area contributed by atoms with Gasteiger partial charge in [0, 0.05) is 21.7 Å². The second kappa shape index (κ2) is 18.3. The molecule has 3 aromatic carbocycles. The SMILES string of the molecule is OCc1ccccc1.OCc1ccccc1.OCc1ccccc1.[Cl-].[Ti]. The molecule has 0 spiro atoms. The molecule has 5 heteroatoms. The maximum Gasteiger partial charge on any atom is 0.0681 e. The number of halogens is 1. The Morgan fingerprint density at radius 3 is 0.731 bits per heavy atom. The van der Waals surface area contributed by atoms with Crippen LogP contribution >= 0.6 is 0 Å². The molecule has 3 rings (SSSR count). The topological polar surface area (TPSA) is 60.7 Å². The number of aliphatic hydroxyl groups excluding tert-OH is 3. The van der Waals surface area contributed by atoms with Gasteiger partial charge in [0.25, 0.3) is 0 Å². The summed E-state index contributed by atoms with van der Waals surface area (Å²) < 4.78 is 0. The van der Waals surface area contributed by atoms with Crippen molar-refractivity contribution < 1.29 is 49.4 Å². The van der Waals surface area contributed by atoms with E-state index in [1.165, 1.54) is 0 Å². The maximum absolute atomic E-state index is 8.54. The number of rotatable bonds is 3. The average molecular weight is 408 g/mol. The standard InChI is InChI=1S/3C7H8O.ClH.Ti/c3*8-6-7-4-2-1-3-5-7;;/h3*1-5,8H,6H2;1H;/p-1. The van der Waals surface area contributed by atoms with Gasteiger partial charge in [0.2, 0.25) is 0 Å². The van der Waals surface area contributed by atoms with Crippen molar-refractivity contribution >= 4 is 0 Å². The van der Waals surface area contributed by atoms with Crippen molar-refractivity contribution in [3.63, 3.8) is 0 Å². The summed E-state index contributed by atoms with van der Waals surface area (Å²) >= 11 is 0. The van der Waals surface area contributed by atoms with E-state index >= 15 is 0 Å². The first-order valence-corrected chi connectivity index (χ1v) is 7.74. The van der Waals surface area contributed by atoms with Crippen LogP contribution in [0.1, 0.15) is 16.7 Å². The van der Waals surface area contributed by atoms with Crippen LogP contribution in [0.25, 0.3) is 0 Å². The quantitative estimate of drug-likeness (QED) is 0.555. The smallest absolute Gasteiger partial charge is 0.0681 e. The van der Waals surface area contributed by atoms with E-state index in [0.29, 0.717) is 0 Å². The Hall–Kier alpha value is -1.46. The molecule has 26 heavy (non-hydrogen) atoms. The van der Waals surface area contributed by atoms with Gasteiger partial charge in [-0.1, -0.05) is 91.0 Å². The Labute approximate surface area is 176 Å². The first kappa shape index (κ1) is 26.8. The van der Waals surface area contributed by atoms with Crippen LogP contribution in [0.4, 0.5) is 0 Å². The minimum absolute atomic E-state index is 0. The molecule has 138 valence electrons. The third-order valence-corrected chi connectivity index (χ3v) is 3.08. The molecule has 0 saturated carbocycles. The van der Waals surface area contributed by atoms with Crippen molar-refractivity contribution in [1.29, 1.82) is 0 Å². The van der Waals surface area contributed by atoms with E-state index in [1.54, 1.807) is 0 Å². The van der Waals surface area contributed by atoms with Crippen LogP contribution < -0.4 is 12.4 Å². The second-order valence-corrected chi connectivity index (χ2v) is 4.93. The van der Waals surface area contributed by atoms with Crippen molar-refractivity contribution in [3.8, 4) is 0 Å². The zero-order chi connectivity index (χ0) is 17.5. The van der Waals surface area contributed by atoms with E-state index in [0.717, 1.165) is 16.7 Å². The Balaban J connectivity index is 0. The molecular weight excluding hydrogens is 384 g/mol. The monoisotopic (exact) mass is 407 g/mol. The summed E-state index contributed by atoms with van der Waals surface area (Å²) in [6.07, 6.45) is 0. The summed E-state index contributed by atoms with van der Waals surface area (Å²) in [6, 6.07) is 28.6. The third kappa shape index (κ3) is 12.8. The zero-order valence-electron chi connectivity index (χ0n) is 14.5. The Bertz CT molecular complexity index is 543. The van der Waals surface area contributed by atoms with Crippen molar-refractivity contribution in [1.82, 2.24) is 0 Å². The van der Waals surface area contributed by atoms with Gasteiger partial charge in [-0.3, -0.25) is 0 Å². The second-order valence-electron chi connectivity index (χ2n) is 4.93. The van der Waals surface area contributed by atoms with E-state index in [4.69, 9.17) is 15.3 Å². The van der Waals surface area contributed by atoms with Crippen molar-refractivity contribution in [3.05, 3.63) is 108 Å². The van der Waals surface area contributed by atoms with Gasteiger partial charge >= 0.3 is 0 Å². The van der Waals surface area contributed by atoms with Gasteiger partial charge in [0.15, 0.2) is 0 Å². The molecule has 0 aromatic heterocycles. The van der Waals surface area contributed by atoms with E-state index < -0.39 is 0 Å². The Kier molecular flexibility index (Phi) is 18.9. The average Bonchev–Trinajstić information content (AvgIpc) is 2.71. The maximum atomic E-state index is 8.54. The third-order valence-electron chi connectivity index (χ3n) is 3.08.